The number of hydrogen-bond acceptors (Lipinski definition) is 14. The zero-order valence-corrected chi connectivity index (χ0v) is 81.9. The summed E-state index contributed by atoms with van der Waals surface area (Å²) in [6.07, 6.45) is 10.1. The number of allylic oxidation sites excluding steroid dienone is 2. The summed E-state index contributed by atoms with van der Waals surface area (Å²) in [7, 11) is 8.06. The molecule has 4 N–H and O–H groups in total. The van der Waals surface area contributed by atoms with Crippen LogP contribution < -0.4 is 31.9 Å². The first-order valence-corrected chi connectivity index (χ1v) is 49.0. The maximum atomic E-state index is 16.0. The van der Waals surface area contributed by atoms with Crippen molar-refractivity contribution < 1.29 is 62.6 Å². The number of likely N-dealkylation sites (N-methyl/N-ethyl adjacent to an activating group) is 7. The molecule has 0 bridgehead atoms. The SMILES string of the molecule is C/C=C/C[C@@H](C)[C@@H](O)[C@H]1C(=O)C[C@@H](CC)C(=O)N(C)C(Cc2ccc(C(=O)NCCCCCCNCCCCC[PH](c3ccccc3)(c3ccccc3)c3ccccc3)cc2)C(=O)N(C)[C@@H](CC(C)C)C(=O)C[C@@H](C(C)C)C(=O)N(C)[C@@H](CC(C)C)C(=O)C[C@@H](C)C(=O)N[C@H](C)C(=O)N(C)[C@@H](CC(C)C)C(=O)N(C)[C@@H](CC(C)C)C(=O)N(C)[C@@H](C(C)C)C(=O)N1C. The number of aliphatic hydroxyl groups is 1. The monoisotopic (exact) mass is 1760 g/mol. The molecule has 1 unspecified atom stereocenters. The van der Waals surface area contributed by atoms with Crippen LogP contribution in [0.1, 0.15) is 236 Å². The second kappa shape index (κ2) is 52.6. The molecule has 126 heavy (non-hydrogen) atoms. The van der Waals surface area contributed by atoms with Crippen molar-refractivity contribution in [3.63, 3.8) is 0 Å². The number of ketones is 3. The number of aliphatic hydroxyl groups excluding tert-OH is 1. The fourth-order valence-corrected chi connectivity index (χ4v) is 22.9. The topological polar surface area (TPSA) is 284 Å². The van der Waals surface area contributed by atoms with Crippen LogP contribution in [0, 0.1) is 59.2 Å². The van der Waals surface area contributed by atoms with Gasteiger partial charge in [0, 0.05) is 98.3 Å². The molecule has 1 saturated heterocycles. The van der Waals surface area contributed by atoms with Crippen molar-refractivity contribution in [2.45, 2.75) is 281 Å². The van der Waals surface area contributed by atoms with Crippen molar-refractivity contribution >= 4 is 93.7 Å². The average Bonchev–Trinajstić information content (AvgIpc) is 0.749. The minimum Gasteiger partial charge on any atom is -0.344 e. The predicted octanol–water partition coefficient (Wildman–Crippen LogP) is 12.9. The van der Waals surface area contributed by atoms with E-state index >= 15 is 38.4 Å². The van der Waals surface area contributed by atoms with E-state index in [4.69, 9.17) is 0 Å². The first kappa shape index (κ1) is 108. The molecule has 1 aliphatic rings. The predicted molar refractivity (Wildman–Crippen MR) is 510 cm³/mol. The zero-order valence-electron chi connectivity index (χ0n) is 80.9. The van der Waals surface area contributed by atoms with Gasteiger partial charge in [-0.3, -0.25) is 57.5 Å². The number of rotatable bonds is 34. The molecule has 4 aromatic rings. The summed E-state index contributed by atoms with van der Waals surface area (Å²) < 4.78 is 0. The summed E-state index contributed by atoms with van der Waals surface area (Å²) in [5.41, 5.74) is 0.945. The number of unbranched alkanes of at least 4 members (excludes halogenated alkanes) is 5. The van der Waals surface area contributed by atoms with E-state index in [1.165, 1.54) is 106 Å². The Morgan fingerprint density at radius 3 is 1.33 bits per heavy atom. The Hall–Kier alpha value is -8.79. The standard InChI is InChI=1S/C102H159N10O13P/c1-25-27-44-73(15)93(116)92-90(115)65-77(26-2)97(120)109(21)87(64-76-51-53-78(54-52-76)95(118)104-57-42-29-28-40-55-103-56-41-33-43-58-126(79-45-34-30-35-46-79,80-47-36-31-37-48-80)81-49-38-32-39-50-81)100(123)107(19)84(60-68(5)6)89(114)66-82(71(11)12)98(121)106(18)83(59-67(3)4)88(113)63-74(16)94(117)105-75(17)96(119)108(20)85(61-69(7)8)99(122)110(22)86(62-70(9)10)101(124)111(23)91(72(13)14)102(125)112(92)24/h25,27,30-32,34-39,45-54,67-75,77,82-87,91-93,103,116,126H,26,28-29,33,40-44,55-66H2,1-24H3,(H,104,118)(H,105,117)/b27-25+/t73-,74-,75-,77-,82+,83+,84+,85+,86+,87?,91+,92-,93-/m1/s1. The zero-order chi connectivity index (χ0) is 94.1. The average molecular weight is 1760 g/mol. The molecule has 24 heteroatoms. The number of hydrogen-bond donors (Lipinski definition) is 4. The number of Topliss-reactive ketones (excluding diaryl/α,β-unsaturated/α-hetero) is 3. The van der Waals surface area contributed by atoms with Crippen molar-refractivity contribution in [2.75, 3.05) is 75.1 Å². The third kappa shape index (κ3) is 30.4. The van der Waals surface area contributed by atoms with Gasteiger partial charge in [-0.05, 0) is 111 Å². The fourth-order valence-electron chi connectivity index (χ4n) is 18.0. The number of nitrogens with zero attached hydrogens (tertiary/aromatic N) is 7. The van der Waals surface area contributed by atoms with Crippen LogP contribution in [-0.2, 0) is 59.2 Å². The quantitative estimate of drug-likeness (QED) is 0.0192. The van der Waals surface area contributed by atoms with Gasteiger partial charge in [-0.2, -0.15) is 0 Å². The summed E-state index contributed by atoms with van der Waals surface area (Å²) in [5, 5.41) is 26.4. The van der Waals surface area contributed by atoms with Crippen molar-refractivity contribution in [1.29, 1.82) is 0 Å². The van der Waals surface area contributed by atoms with E-state index in [0.29, 0.717) is 24.1 Å². The first-order chi connectivity index (χ1) is 59.5. The Kier molecular flexibility index (Phi) is 45.0. The summed E-state index contributed by atoms with van der Waals surface area (Å²) in [6.45, 7) is 33.0. The second-order valence-corrected chi connectivity index (χ2v) is 42.4. The molecule has 0 aliphatic carbocycles. The second-order valence-electron chi connectivity index (χ2n) is 38.4. The van der Waals surface area contributed by atoms with Crippen LogP contribution >= 0.6 is 7.26 Å². The summed E-state index contributed by atoms with van der Waals surface area (Å²) in [6, 6.07) is 30.1. The molecule has 4 aromatic carbocycles. The van der Waals surface area contributed by atoms with Crippen LogP contribution in [0.3, 0.4) is 0 Å². The molecule has 1 fully saturated rings. The van der Waals surface area contributed by atoms with E-state index in [-0.39, 0.29) is 80.9 Å². The maximum absolute atomic E-state index is 16.0. The normalized spacial score (nSPS) is 22.9. The summed E-state index contributed by atoms with van der Waals surface area (Å²) >= 11 is 0. The molecule has 0 saturated carbocycles. The van der Waals surface area contributed by atoms with Crippen LogP contribution in [0.25, 0.3) is 0 Å². The fraction of sp³-hybridized carbons (Fsp3) is 0.627. The van der Waals surface area contributed by atoms with E-state index in [9.17, 15) is 24.3 Å². The van der Waals surface area contributed by atoms with E-state index in [1.807, 2.05) is 88.3 Å². The van der Waals surface area contributed by atoms with Crippen molar-refractivity contribution in [3.05, 3.63) is 139 Å². The molecule has 23 nitrogen and oxygen atoms in total. The van der Waals surface area contributed by atoms with Gasteiger partial charge in [0.15, 0.2) is 17.3 Å². The molecule has 700 valence electrons. The van der Waals surface area contributed by atoms with E-state index in [1.54, 1.807) is 58.9 Å². The molecule has 0 radical (unpaired) electrons. The molecular formula is C102H159N10O13P. The number of carbonyl (C=O) groups is 12. The van der Waals surface area contributed by atoms with Crippen molar-refractivity contribution in [2.24, 2.45) is 59.2 Å². The van der Waals surface area contributed by atoms with E-state index in [0.717, 1.165) is 64.2 Å². The third-order valence-electron chi connectivity index (χ3n) is 25.8. The van der Waals surface area contributed by atoms with Crippen LogP contribution in [0.4, 0.5) is 0 Å². The van der Waals surface area contributed by atoms with Gasteiger partial charge < -0.3 is 50.0 Å². The van der Waals surface area contributed by atoms with E-state index in [2.05, 4.69) is 107 Å². The van der Waals surface area contributed by atoms with Crippen molar-refractivity contribution in [3.8, 4) is 0 Å². The Balaban J connectivity index is 1.49. The smallest absolute Gasteiger partial charge is 0.246 e. The molecule has 13 atom stereocenters. The molecular weight excluding hydrogens is 1600 g/mol. The minimum atomic E-state index is -2.27. The first-order valence-electron chi connectivity index (χ1n) is 46.8. The van der Waals surface area contributed by atoms with Gasteiger partial charge in [0.05, 0.1) is 18.2 Å². The Morgan fingerprint density at radius 2 is 0.865 bits per heavy atom. The van der Waals surface area contributed by atoms with Gasteiger partial charge in [0.25, 0.3) is 5.91 Å². The number of amides is 9. The van der Waals surface area contributed by atoms with Gasteiger partial charge >= 0.3 is 190 Å². The van der Waals surface area contributed by atoms with Crippen LogP contribution in [0.5, 0.6) is 0 Å². The maximum Gasteiger partial charge on any atom is 0.246 e. The summed E-state index contributed by atoms with van der Waals surface area (Å²) in [5.74, 6) is -12.1. The number of benzene rings is 4. The number of nitrogens with one attached hydrogen (secondary N) is 3. The summed E-state index contributed by atoms with van der Waals surface area (Å²) in [4.78, 5) is 191. The van der Waals surface area contributed by atoms with Crippen LogP contribution in [-0.4, -0.2) is 239 Å². The third-order valence-corrected chi connectivity index (χ3v) is 30.8. The Bertz CT molecular complexity index is 4060. The van der Waals surface area contributed by atoms with Gasteiger partial charge in [0.1, 0.15) is 36.3 Å². The Labute approximate surface area is 756 Å². The van der Waals surface area contributed by atoms with Crippen LogP contribution in [0.2, 0.25) is 0 Å². The molecule has 9 amide bonds. The largest absolute Gasteiger partial charge is 0.344 e. The molecule has 0 aromatic heterocycles. The molecule has 1 heterocycles. The van der Waals surface area contributed by atoms with Crippen molar-refractivity contribution in [1.82, 2.24) is 50.2 Å². The van der Waals surface area contributed by atoms with Gasteiger partial charge in [-0.25, -0.2) is 0 Å². The minimum absolute atomic E-state index is 0.0631. The molecule has 5 rings (SSSR count). The Morgan fingerprint density at radius 1 is 0.452 bits per heavy atom. The molecule has 1 aliphatic heterocycles. The van der Waals surface area contributed by atoms with Crippen LogP contribution in [0.15, 0.2) is 127 Å². The molecule has 0 spiro atoms. The van der Waals surface area contributed by atoms with E-state index < -0.39 is 168 Å². The van der Waals surface area contributed by atoms with Gasteiger partial charge in [-0.1, -0.05) is 128 Å². The number of carbonyl (C=O) groups excluding carboxylic acids is 12. The van der Waals surface area contributed by atoms with Gasteiger partial charge in [0.2, 0.25) is 47.3 Å². The van der Waals surface area contributed by atoms with Gasteiger partial charge in [-0.15, -0.1) is 0 Å².